The highest BCUT2D eigenvalue weighted by molar-refractivity contribution is 6.31. The molecule has 8 heteroatoms. The summed E-state index contributed by atoms with van der Waals surface area (Å²) in [4.78, 5) is 25.1. The van der Waals surface area contributed by atoms with E-state index in [9.17, 15) is 9.59 Å². The second kappa shape index (κ2) is 8.89. The van der Waals surface area contributed by atoms with Crippen molar-refractivity contribution >= 4 is 23.2 Å². The van der Waals surface area contributed by atoms with Gasteiger partial charge in [0, 0.05) is 17.3 Å². The number of aromatic nitrogens is 3. The molecule has 0 unspecified atom stereocenters. The minimum absolute atomic E-state index is 0.134. The molecule has 31 heavy (non-hydrogen) atoms. The van der Waals surface area contributed by atoms with Crippen LogP contribution in [0.5, 0.6) is 5.75 Å². The van der Waals surface area contributed by atoms with Gasteiger partial charge in [0.25, 0.3) is 11.5 Å². The van der Waals surface area contributed by atoms with E-state index >= 15 is 0 Å². The maximum atomic E-state index is 12.9. The van der Waals surface area contributed by atoms with Crippen molar-refractivity contribution < 1.29 is 9.53 Å². The lowest BCUT2D eigenvalue weighted by Crippen LogP contribution is -2.21. The van der Waals surface area contributed by atoms with Crippen LogP contribution in [-0.2, 0) is 6.54 Å². The lowest BCUT2D eigenvalue weighted by atomic mass is 10.2. The quantitative estimate of drug-likeness (QED) is 0.497. The first-order valence-electron chi connectivity index (χ1n) is 9.49. The summed E-state index contributed by atoms with van der Waals surface area (Å²) in [5.41, 5.74) is 1.98. The molecule has 0 atom stereocenters. The molecule has 4 rings (SSSR count). The number of nitrogens with one attached hydrogen (secondary N) is 1. The number of anilines is 1. The molecule has 1 N–H and O–H groups in total. The van der Waals surface area contributed by atoms with Crippen molar-refractivity contribution in [2.45, 2.75) is 6.54 Å². The van der Waals surface area contributed by atoms with Gasteiger partial charge in [0.2, 0.25) is 0 Å². The maximum absolute atomic E-state index is 12.9. The highest BCUT2D eigenvalue weighted by Crippen LogP contribution is 2.21. The summed E-state index contributed by atoms with van der Waals surface area (Å²) in [6.07, 6.45) is 3.22. The fourth-order valence-corrected chi connectivity index (χ4v) is 3.30. The number of amides is 1. The maximum Gasteiger partial charge on any atom is 0.280 e. The predicted molar refractivity (Wildman–Crippen MR) is 119 cm³/mol. The number of hydrogen-bond acceptors (Lipinski definition) is 4. The Balaban J connectivity index is 1.58. The standard InChI is InChI=1S/C23H19ClN4O3/c1-31-20-15-28(18-8-3-2-4-9-18)26-22(20)23(30)25-17-11-12-21(29)27(14-17)13-16-7-5-6-10-19(16)24/h2-12,14-15H,13H2,1H3,(H,25,30). The van der Waals surface area contributed by atoms with E-state index in [2.05, 4.69) is 10.4 Å². The van der Waals surface area contributed by atoms with Crippen molar-refractivity contribution in [2.75, 3.05) is 12.4 Å². The van der Waals surface area contributed by atoms with Gasteiger partial charge in [-0.25, -0.2) is 4.68 Å². The third kappa shape index (κ3) is 4.51. The van der Waals surface area contributed by atoms with Gasteiger partial charge < -0.3 is 14.6 Å². The summed E-state index contributed by atoms with van der Waals surface area (Å²) in [5, 5.41) is 7.71. The summed E-state index contributed by atoms with van der Waals surface area (Å²) in [6, 6.07) is 19.6. The van der Waals surface area contributed by atoms with E-state index in [1.807, 2.05) is 48.5 Å². The minimum atomic E-state index is -0.450. The lowest BCUT2D eigenvalue weighted by Gasteiger charge is -2.10. The molecule has 2 aromatic carbocycles. The molecule has 0 saturated heterocycles. The lowest BCUT2D eigenvalue weighted by molar-refractivity contribution is 0.101. The molecule has 0 saturated carbocycles. The average molecular weight is 435 g/mol. The van der Waals surface area contributed by atoms with Crippen LogP contribution in [0.25, 0.3) is 5.69 Å². The Morgan fingerprint density at radius 3 is 2.52 bits per heavy atom. The normalized spacial score (nSPS) is 10.6. The van der Waals surface area contributed by atoms with Crippen molar-refractivity contribution in [3.8, 4) is 11.4 Å². The number of para-hydroxylation sites is 1. The Kier molecular flexibility index (Phi) is 5.86. The first kappa shape index (κ1) is 20.4. The number of halogens is 1. The van der Waals surface area contributed by atoms with Crippen LogP contribution in [0.3, 0.4) is 0 Å². The molecule has 2 aromatic heterocycles. The van der Waals surface area contributed by atoms with E-state index < -0.39 is 5.91 Å². The van der Waals surface area contributed by atoms with Crippen molar-refractivity contribution in [3.63, 3.8) is 0 Å². The summed E-state index contributed by atoms with van der Waals surface area (Å²) in [7, 11) is 1.48. The van der Waals surface area contributed by atoms with Gasteiger partial charge in [-0.3, -0.25) is 9.59 Å². The molecule has 0 aliphatic heterocycles. The van der Waals surface area contributed by atoms with Crippen LogP contribution in [0.2, 0.25) is 5.02 Å². The first-order chi connectivity index (χ1) is 15.0. The van der Waals surface area contributed by atoms with Gasteiger partial charge in [0.05, 0.1) is 31.2 Å². The zero-order valence-electron chi connectivity index (χ0n) is 16.7. The molecule has 156 valence electrons. The highest BCUT2D eigenvalue weighted by atomic mass is 35.5. The molecular weight excluding hydrogens is 416 g/mol. The predicted octanol–water partition coefficient (Wildman–Crippen LogP) is 4.00. The van der Waals surface area contributed by atoms with Crippen LogP contribution >= 0.6 is 11.6 Å². The molecule has 1 amide bonds. The van der Waals surface area contributed by atoms with E-state index in [4.69, 9.17) is 16.3 Å². The highest BCUT2D eigenvalue weighted by Gasteiger charge is 2.19. The zero-order valence-corrected chi connectivity index (χ0v) is 17.4. The van der Waals surface area contributed by atoms with Gasteiger partial charge >= 0.3 is 0 Å². The number of carbonyl (C=O) groups excluding carboxylic acids is 1. The average Bonchev–Trinajstić information content (AvgIpc) is 3.23. The topological polar surface area (TPSA) is 78.2 Å². The summed E-state index contributed by atoms with van der Waals surface area (Å²) >= 11 is 6.21. The molecule has 0 aliphatic carbocycles. The van der Waals surface area contributed by atoms with E-state index in [0.717, 1.165) is 11.3 Å². The number of nitrogens with zero attached hydrogens (tertiary/aromatic N) is 3. The van der Waals surface area contributed by atoms with Crippen LogP contribution in [0.15, 0.2) is 83.9 Å². The fourth-order valence-electron chi connectivity index (χ4n) is 3.11. The Bertz CT molecular complexity index is 1280. The SMILES string of the molecule is COc1cn(-c2ccccc2)nc1C(=O)Nc1ccc(=O)n(Cc2ccccc2Cl)c1. The molecule has 4 aromatic rings. The van der Waals surface area contributed by atoms with Crippen LogP contribution in [0, 0.1) is 0 Å². The van der Waals surface area contributed by atoms with Gasteiger partial charge in [-0.15, -0.1) is 0 Å². The molecular formula is C23H19ClN4O3. The van der Waals surface area contributed by atoms with E-state index in [-0.39, 0.29) is 17.8 Å². The second-order valence-corrected chi connectivity index (χ2v) is 7.16. The van der Waals surface area contributed by atoms with Crippen molar-refractivity contribution in [1.82, 2.24) is 14.3 Å². The van der Waals surface area contributed by atoms with Crippen LogP contribution in [0.4, 0.5) is 5.69 Å². The number of rotatable bonds is 6. The van der Waals surface area contributed by atoms with E-state index in [1.165, 1.54) is 17.7 Å². The first-order valence-corrected chi connectivity index (χ1v) is 9.87. The number of pyridine rings is 1. The summed E-state index contributed by atoms with van der Waals surface area (Å²) < 4.78 is 8.39. The van der Waals surface area contributed by atoms with Gasteiger partial charge in [-0.05, 0) is 29.8 Å². The molecule has 0 fully saturated rings. The van der Waals surface area contributed by atoms with Crippen LogP contribution < -0.4 is 15.6 Å². The third-order valence-corrected chi connectivity index (χ3v) is 5.04. The monoisotopic (exact) mass is 434 g/mol. The van der Waals surface area contributed by atoms with Crippen molar-refractivity contribution in [1.29, 1.82) is 0 Å². The Morgan fingerprint density at radius 2 is 1.77 bits per heavy atom. The fraction of sp³-hybridized carbons (Fsp3) is 0.0870. The van der Waals surface area contributed by atoms with Gasteiger partial charge in [0.15, 0.2) is 11.4 Å². The number of ether oxygens (including phenoxy) is 1. The van der Waals surface area contributed by atoms with Crippen LogP contribution in [-0.4, -0.2) is 27.4 Å². The van der Waals surface area contributed by atoms with Gasteiger partial charge in [-0.1, -0.05) is 48.0 Å². The van der Waals surface area contributed by atoms with E-state index in [1.54, 1.807) is 29.2 Å². The number of benzene rings is 2. The third-order valence-electron chi connectivity index (χ3n) is 4.68. The Labute approximate surface area is 183 Å². The molecule has 0 aliphatic rings. The second-order valence-electron chi connectivity index (χ2n) is 6.76. The van der Waals surface area contributed by atoms with Crippen molar-refractivity contribution in [2.24, 2.45) is 0 Å². The molecule has 0 spiro atoms. The van der Waals surface area contributed by atoms with Gasteiger partial charge in [-0.2, -0.15) is 5.10 Å². The zero-order chi connectivity index (χ0) is 21.8. The minimum Gasteiger partial charge on any atom is -0.493 e. The molecule has 7 nitrogen and oxygen atoms in total. The smallest absolute Gasteiger partial charge is 0.280 e. The molecule has 0 bridgehead atoms. The van der Waals surface area contributed by atoms with Crippen LogP contribution in [0.1, 0.15) is 16.1 Å². The molecule has 0 radical (unpaired) electrons. The number of methoxy groups -OCH3 is 1. The number of carbonyl (C=O) groups is 1. The van der Waals surface area contributed by atoms with E-state index in [0.29, 0.717) is 16.5 Å². The summed E-state index contributed by atoms with van der Waals surface area (Å²) in [6.45, 7) is 0.286. The number of hydrogen-bond donors (Lipinski definition) is 1. The van der Waals surface area contributed by atoms with Crippen molar-refractivity contribution in [3.05, 3.63) is 106 Å². The Morgan fingerprint density at radius 1 is 1.03 bits per heavy atom. The Hall–Kier alpha value is -3.84. The molecule has 2 heterocycles. The van der Waals surface area contributed by atoms with Gasteiger partial charge in [0.1, 0.15) is 0 Å². The largest absolute Gasteiger partial charge is 0.493 e. The summed E-state index contributed by atoms with van der Waals surface area (Å²) in [5.74, 6) is -0.111.